The molecule has 0 heterocycles. The Morgan fingerprint density at radius 1 is 1.00 bits per heavy atom. The third-order valence-corrected chi connectivity index (χ3v) is 5.98. The van der Waals surface area contributed by atoms with Gasteiger partial charge in [-0.2, -0.15) is 13.2 Å². The number of alkyl halides is 3. The highest BCUT2D eigenvalue weighted by atomic mass is 19.4. The van der Waals surface area contributed by atoms with Crippen molar-refractivity contribution in [2.75, 3.05) is 6.61 Å². The molecule has 0 saturated heterocycles. The number of nitrogens with one attached hydrogen (secondary N) is 1. The number of carbonyl (C=O) groups is 1. The van der Waals surface area contributed by atoms with Crippen LogP contribution < -0.4 is 10.1 Å². The standard InChI is InChI=1S/C25H32F3NO4/c1-23(2,3)33-22(31)29-24(4,15-30)19-7-5-17-14-21(10-6-16(17)13-19)32-20-11-8-18(9-12-20)25(26,27)28/h5-7,10,13-14,18,20,30H,8-9,11-12,15H2,1-4H3,(H,29,31)/t18?,20?,24-/m0/s1. The van der Waals surface area contributed by atoms with Gasteiger partial charge in [-0.25, -0.2) is 4.79 Å². The molecule has 2 N–H and O–H groups in total. The average molecular weight is 468 g/mol. The van der Waals surface area contributed by atoms with Crippen LogP contribution in [-0.2, 0) is 10.3 Å². The predicted octanol–water partition coefficient (Wildman–Crippen LogP) is 6.07. The molecular formula is C25H32F3NO4. The summed E-state index contributed by atoms with van der Waals surface area (Å²) in [6.07, 6.45) is -4.03. The summed E-state index contributed by atoms with van der Waals surface area (Å²) in [7, 11) is 0. The molecule has 182 valence electrons. The molecule has 0 spiro atoms. The van der Waals surface area contributed by atoms with E-state index >= 15 is 0 Å². The van der Waals surface area contributed by atoms with Gasteiger partial charge in [0.25, 0.3) is 0 Å². The van der Waals surface area contributed by atoms with Crippen LogP contribution in [0.15, 0.2) is 36.4 Å². The first-order chi connectivity index (χ1) is 15.3. The van der Waals surface area contributed by atoms with Crippen molar-refractivity contribution in [1.29, 1.82) is 0 Å². The SMILES string of the molecule is CC(C)(C)OC(=O)N[C@@](C)(CO)c1ccc2cc(OC3CCC(C(F)(F)F)CC3)ccc2c1. The minimum Gasteiger partial charge on any atom is -0.490 e. The van der Waals surface area contributed by atoms with E-state index in [-0.39, 0.29) is 25.6 Å². The summed E-state index contributed by atoms with van der Waals surface area (Å²) in [6.45, 7) is 6.69. The highest BCUT2D eigenvalue weighted by Crippen LogP contribution is 2.38. The monoisotopic (exact) mass is 467 g/mol. The summed E-state index contributed by atoms with van der Waals surface area (Å²) in [5, 5.41) is 14.5. The van der Waals surface area contributed by atoms with Crippen molar-refractivity contribution in [3.05, 3.63) is 42.0 Å². The normalized spacial score (nSPS) is 21.3. The van der Waals surface area contributed by atoms with Gasteiger partial charge in [0, 0.05) is 0 Å². The van der Waals surface area contributed by atoms with Crippen LogP contribution >= 0.6 is 0 Å². The van der Waals surface area contributed by atoms with E-state index in [9.17, 15) is 23.1 Å². The number of fused-ring (bicyclic) bond motifs is 1. The Kier molecular flexibility index (Phi) is 7.17. The van der Waals surface area contributed by atoms with Crippen molar-refractivity contribution < 1.29 is 32.5 Å². The maximum absolute atomic E-state index is 12.9. The van der Waals surface area contributed by atoms with Crippen LogP contribution in [0.1, 0.15) is 58.9 Å². The maximum atomic E-state index is 12.9. The van der Waals surface area contributed by atoms with E-state index in [1.165, 1.54) is 0 Å². The molecule has 2 aromatic rings. The number of alkyl carbamates (subject to hydrolysis) is 1. The van der Waals surface area contributed by atoms with Crippen LogP contribution in [0.5, 0.6) is 5.75 Å². The van der Waals surface area contributed by atoms with Gasteiger partial charge in [-0.05, 0) is 87.9 Å². The van der Waals surface area contributed by atoms with Gasteiger partial charge in [-0.15, -0.1) is 0 Å². The van der Waals surface area contributed by atoms with Crippen LogP contribution in [0, 0.1) is 5.92 Å². The van der Waals surface area contributed by atoms with Gasteiger partial charge in [0.2, 0.25) is 0 Å². The van der Waals surface area contributed by atoms with Gasteiger partial charge in [0.15, 0.2) is 0 Å². The van der Waals surface area contributed by atoms with Crippen molar-refractivity contribution in [3.63, 3.8) is 0 Å². The first-order valence-electron chi connectivity index (χ1n) is 11.2. The number of amides is 1. The lowest BCUT2D eigenvalue weighted by molar-refractivity contribution is -0.185. The largest absolute Gasteiger partial charge is 0.490 e. The zero-order valence-corrected chi connectivity index (χ0v) is 19.5. The van der Waals surface area contributed by atoms with Crippen molar-refractivity contribution >= 4 is 16.9 Å². The molecule has 1 fully saturated rings. The molecule has 1 saturated carbocycles. The summed E-state index contributed by atoms with van der Waals surface area (Å²) >= 11 is 0. The van der Waals surface area contributed by atoms with E-state index in [2.05, 4.69) is 5.32 Å². The van der Waals surface area contributed by atoms with E-state index in [1.54, 1.807) is 33.8 Å². The van der Waals surface area contributed by atoms with Crippen LogP contribution in [-0.4, -0.2) is 35.7 Å². The van der Waals surface area contributed by atoms with Crippen LogP contribution in [0.4, 0.5) is 18.0 Å². The van der Waals surface area contributed by atoms with Crippen molar-refractivity contribution in [2.24, 2.45) is 5.92 Å². The van der Waals surface area contributed by atoms with E-state index < -0.39 is 29.3 Å². The molecule has 0 radical (unpaired) electrons. The first-order valence-corrected chi connectivity index (χ1v) is 11.2. The summed E-state index contributed by atoms with van der Waals surface area (Å²) < 4.78 is 49.9. The smallest absolute Gasteiger partial charge is 0.408 e. The fraction of sp³-hybridized carbons (Fsp3) is 0.560. The number of halogens is 3. The summed E-state index contributed by atoms with van der Waals surface area (Å²) in [5.41, 5.74) is -0.989. The molecular weight excluding hydrogens is 435 g/mol. The molecule has 0 bridgehead atoms. The van der Waals surface area contributed by atoms with Crippen LogP contribution in [0.3, 0.4) is 0 Å². The van der Waals surface area contributed by atoms with E-state index in [0.717, 1.165) is 10.8 Å². The third kappa shape index (κ3) is 6.53. The lowest BCUT2D eigenvalue weighted by atomic mass is 9.87. The number of carbonyl (C=O) groups excluding carboxylic acids is 1. The van der Waals surface area contributed by atoms with Crippen molar-refractivity contribution in [3.8, 4) is 5.75 Å². The molecule has 0 aromatic heterocycles. The molecule has 2 aromatic carbocycles. The highest BCUT2D eigenvalue weighted by Gasteiger charge is 2.41. The van der Waals surface area contributed by atoms with Gasteiger partial charge in [-0.1, -0.05) is 18.2 Å². The Labute approximate surface area is 192 Å². The van der Waals surface area contributed by atoms with Gasteiger partial charge in [-0.3, -0.25) is 0 Å². The van der Waals surface area contributed by atoms with E-state index in [0.29, 0.717) is 24.2 Å². The molecule has 8 heteroatoms. The number of ether oxygens (including phenoxy) is 2. The van der Waals surface area contributed by atoms with Gasteiger partial charge < -0.3 is 19.9 Å². The molecule has 1 aliphatic carbocycles. The summed E-state index contributed by atoms with van der Waals surface area (Å²) in [6, 6.07) is 11.1. The molecule has 33 heavy (non-hydrogen) atoms. The van der Waals surface area contributed by atoms with Gasteiger partial charge in [0.1, 0.15) is 11.4 Å². The number of aliphatic hydroxyl groups excluding tert-OH is 1. The molecule has 1 aliphatic rings. The number of rotatable bonds is 5. The molecule has 1 atom stereocenters. The summed E-state index contributed by atoms with van der Waals surface area (Å²) in [4.78, 5) is 12.3. The Morgan fingerprint density at radius 2 is 1.61 bits per heavy atom. The second-order valence-electron chi connectivity index (χ2n) is 9.97. The number of benzene rings is 2. The zero-order chi connectivity index (χ0) is 24.4. The lowest BCUT2D eigenvalue weighted by Gasteiger charge is -2.31. The Bertz CT molecular complexity index is 978. The topological polar surface area (TPSA) is 67.8 Å². The number of hydrogen-bond donors (Lipinski definition) is 2. The fourth-order valence-corrected chi connectivity index (χ4v) is 4.07. The Balaban J connectivity index is 1.71. The van der Waals surface area contributed by atoms with Gasteiger partial charge in [0.05, 0.1) is 24.2 Å². The molecule has 1 amide bonds. The number of aliphatic hydroxyl groups is 1. The minimum atomic E-state index is -4.13. The quantitative estimate of drug-likeness (QED) is 0.560. The van der Waals surface area contributed by atoms with E-state index in [1.807, 2.05) is 30.3 Å². The van der Waals surface area contributed by atoms with Crippen molar-refractivity contribution in [1.82, 2.24) is 5.32 Å². The second-order valence-corrected chi connectivity index (χ2v) is 9.97. The second kappa shape index (κ2) is 9.41. The zero-order valence-electron chi connectivity index (χ0n) is 19.5. The Hall–Kier alpha value is -2.48. The molecule has 5 nitrogen and oxygen atoms in total. The van der Waals surface area contributed by atoms with Crippen LogP contribution in [0.25, 0.3) is 10.8 Å². The molecule has 0 aliphatic heterocycles. The van der Waals surface area contributed by atoms with Crippen LogP contribution in [0.2, 0.25) is 0 Å². The van der Waals surface area contributed by atoms with E-state index in [4.69, 9.17) is 9.47 Å². The first kappa shape index (κ1) is 25.1. The predicted molar refractivity (Wildman–Crippen MR) is 120 cm³/mol. The van der Waals surface area contributed by atoms with Crippen molar-refractivity contribution in [2.45, 2.75) is 76.8 Å². The summed E-state index contributed by atoms with van der Waals surface area (Å²) in [5.74, 6) is -0.620. The minimum absolute atomic E-state index is 0.0928. The van der Waals surface area contributed by atoms with Gasteiger partial charge >= 0.3 is 12.3 Å². The highest BCUT2D eigenvalue weighted by molar-refractivity contribution is 5.85. The molecule has 0 unspecified atom stereocenters. The fourth-order valence-electron chi connectivity index (χ4n) is 4.07. The number of hydrogen-bond acceptors (Lipinski definition) is 4. The Morgan fingerprint density at radius 3 is 2.18 bits per heavy atom. The average Bonchev–Trinajstić information content (AvgIpc) is 2.71. The lowest BCUT2D eigenvalue weighted by Crippen LogP contribution is -2.48. The molecule has 3 rings (SSSR count). The maximum Gasteiger partial charge on any atom is 0.408 e. The third-order valence-electron chi connectivity index (χ3n) is 5.98.